The van der Waals surface area contributed by atoms with Gasteiger partial charge in [-0.15, -0.1) is 0 Å². The summed E-state index contributed by atoms with van der Waals surface area (Å²) in [6.07, 6.45) is 8.84. The molecule has 43 heavy (non-hydrogen) atoms. The minimum absolute atomic E-state index is 0.0322. The number of anilines is 1. The van der Waals surface area contributed by atoms with E-state index < -0.39 is 10.0 Å². The SMILES string of the molecule is CCCCCCNS(=O)(=O)c1cc(NC(=O)Cc2cc(C(CC)CCC(C)C)ccc2Cl)cc2c1cnn2C(C)C(C)C. The molecule has 0 aliphatic rings. The van der Waals surface area contributed by atoms with Gasteiger partial charge in [-0.05, 0) is 73.3 Å². The topological polar surface area (TPSA) is 93.1 Å². The third-order valence-corrected chi connectivity index (χ3v) is 10.3. The van der Waals surface area contributed by atoms with Crippen molar-refractivity contribution in [3.8, 4) is 0 Å². The van der Waals surface area contributed by atoms with Gasteiger partial charge >= 0.3 is 0 Å². The predicted octanol–water partition coefficient (Wildman–Crippen LogP) is 8.88. The first-order chi connectivity index (χ1) is 20.4. The Morgan fingerprint density at radius 3 is 2.40 bits per heavy atom. The molecule has 0 saturated carbocycles. The molecular weight excluding hydrogens is 580 g/mol. The molecule has 238 valence electrons. The number of aromatic nitrogens is 2. The van der Waals surface area contributed by atoms with Gasteiger partial charge in [0.1, 0.15) is 0 Å². The van der Waals surface area contributed by atoms with Crippen LogP contribution in [0.3, 0.4) is 0 Å². The number of unbranched alkanes of at least 4 members (excludes halogenated alkanes) is 3. The van der Waals surface area contributed by atoms with Crippen LogP contribution in [0.25, 0.3) is 10.9 Å². The zero-order valence-electron chi connectivity index (χ0n) is 27.0. The first kappa shape index (κ1) is 35.1. The molecule has 2 aromatic carbocycles. The van der Waals surface area contributed by atoms with Crippen molar-refractivity contribution in [2.45, 2.75) is 117 Å². The Bertz CT molecular complexity index is 1470. The van der Waals surface area contributed by atoms with Gasteiger partial charge in [0.25, 0.3) is 0 Å². The number of fused-ring (bicyclic) bond motifs is 1. The Balaban J connectivity index is 1.92. The second kappa shape index (κ2) is 16.1. The maximum atomic E-state index is 13.5. The van der Waals surface area contributed by atoms with Crippen molar-refractivity contribution >= 4 is 44.1 Å². The quantitative estimate of drug-likeness (QED) is 0.146. The summed E-state index contributed by atoms with van der Waals surface area (Å²) >= 11 is 6.55. The molecule has 2 unspecified atom stereocenters. The summed E-state index contributed by atoms with van der Waals surface area (Å²) in [4.78, 5) is 13.5. The van der Waals surface area contributed by atoms with Crippen LogP contribution in [0.15, 0.2) is 41.4 Å². The summed E-state index contributed by atoms with van der Waals surface area (Å²) in [5.74, 6) is 1.07. The lowest BCUT2D eigenvalue weighted by molar-refractivity contribution is -0.115. The van der Waals surface area contributed by atoms with Crippen LogP contribution < -0.4 is 10.0 Å². The Hall–Kier alpha value is -2.42. The average Bonchev–Trinajstić information content (AvgIpc) is 3.37. The maximum Gasteiger partial charge on any atom is 0.241 e. The minimum Gasteiger partial charge on any atom is -0.326 e. The molecule has 7 nitrogen and oxygen atoms in total. The molecule has 0 radical (unpaired) electrons. The largest absolute Gasteiger partial charge is 0.326 e. The number of sulfonamides is 1. The molecule has 2 atom stereocenters. The number of benzene rings is 2. The number of halogens is 1. The van der Waals surface area contributed by atoms with Gasteiger partial charge < -0.3 is 5.32 Å². The fourth-order valence-electron chi connectivity index (χ4n) is 5.35. The molecule has 0 spiro atoms. The third kappa shape index (κ3) is 9.53. The maximum absolute atomic E-state index is 13.5. The molecule has 1 heterocycles. The van der Waals surface area contributed by atoms with Crippen LogP contribution in [0, 0.1) is 11.8 Å². The molecule has 0 saturated heterocycles. The number of hydrogen-bond donors (Lipinski definition) is 2. The van der Waals surface area contributed by atoms with E-state index >= 15 is 0 Å². The molecule has 0 fully saturated rings. The number of rotatable bonds is 17. The van der Waals surface area contributed by atoms with Gasteiger partial charge in [0.2, 0.25) is 15.9 Å². The van der Waals surface area contributed by atoms with E-state index in [4.69, 9.17) is 11.6 Å². The summed E-state index contributed by atoms with van der Waals surface area (Å²) in [7, 11) is -3.84. The number of nitrogens with one attached hydrogen (secondary N) is 2. The van der Waals surface area contributed by atoms with Crippen LogP contribution >= 0.6 is 11.6 Å². The van der Waals surface area contributed by atoms with Crippen LogP contribution in [-0.4, -0.2) is 30.7 Å². The molecule has 3 aromatic rings. The van der Waals surface area contributed by atoms with Crippen molar-refractivity contribution < 1.29 is 13.2 Å². The van der Waals surface area contributed by atoms with E-state index in [0.29, 0.717) is 40.0 Å². The van der Waals surface area contributed by atoms with E-state index in [0.717, 1.165) is 50.5 Å². The van der Waals surface area contributed by atoms with Crippen LogP contribution in [-0.2, 0) is 21.2 Å². The van der Waals surface area contributed by atoms with E-state index in [9.17, 15) is 13.2 Å². The van der Waals surface area contributed by atoms with E-state index in [2.05, 4.69) is 75.7 Å². The lowest BCUT2D eigenvalue weighted by Gasteiger charge is -2.19. The van der Waals surface area contributed by atoms with Gasteiger partial charge in [0.15, 0.2) is 0 Å². The first-order valence-corrected chi connectivity index (χ1v) is 17.8. The smallest absolute Gasteiger partial charge is 0.241 e. The van der Waals surface area contributed by atoms with Gasteiger partial charge in [0, 0.05) is 22.6 Å². The van der Waals surface area contributed by atoms with Gasteiger partial charge in [-0.2, -0.15) is 5.10 Å². The highest BCUT2D eigenvalue weighted by Gasteiger charge is 2.24. The monoisotopic (exact) mass is 630 g/mol. The fourth-order valence-corrected chi connectivity index (χ4v) is 6.84. The molecule has 0 aliphatic heterocycles. The van der Waals surface area contributed by atoms with E-state index in [1.165, 1.54) is 11.6 Å². The van der Waals surface area contributed by atoms with E-state index in [-0.39, 0.29) is 29.2 Å². The molecule has 1 amide bonds. The van der Waals surface area contributed by atoms with Gasteiger partial charge in [-0.3, -0.25) is 9.48 Å². The van der Waals surface area contributed by atoms with Crippen molar-refractivity contribution in [1.82, 2.24) is 14.5 Å². The number of carbonyl (C=O) groups excluding carboxylic acids is 1. The highest BCUT2D eigenvalue weighted by atomic mass is 35.5. The van der Waals surface area contributed by atoms with Gasteiger partial charge in [0.05, 0.1) is 29.1 Å². The molecule has 9 heteroatoms. The Labute approximate surface area is 264 Å². The number of nitrogens with zero attached hydrogens (tertiary/aromatic N) is 2. The standard InChI is InChI=1S/C34H51ClN4O3S/c1-8-10-11-12-17-37-43(41,42)33-21-29(20-32-30(33)22-36-39(32)25(7)24(5)6)38-34(40)19-28-18-27(15-16-31(28)35)26(9-2)14-13-23(3)4/h15-16,18,20-26,37H,8-14,17,19H2,1-7H3,(H,38,40). The molecule has 0 bridgehead atoms. The number of amides is 1. The molecule has 1 aromatic heterocycles. The van der Waals surface area contributed by atoms with Crippen LogP contribution in [0.2, 0.25) is 5.02 Å². The van der Waals surface area contributed by atoms with Crippen molar-refractivity contribution in [2.75, 3.05) is 11.9 Å². The number of hydrogen-bond acceptors (Lipinski definition) is 4. The van der Waals surface area contributed by atoms with E-state index in [1.807, 2.05) is 16.8 Å². The summed E-state index contributed by atoms with van der Waals surface area (Å²) in [5.41, 5.74) is 3.04. The van der Waals surface area contributed by atoms with Crippen molar-refractivity contribution in [1.29, 1.82) is 0 Å². The fraction of sp³-hybridized carbons (Fsp3) is 0.588. The predicted molar refractivity (Wildman–Crippen MR) is 180 cm³/mol. The third-order valence-electron chi connectivity index (χ3n) is 8.40. The zero-order chi connectivity index (χ0) is 31.7. The summed E-state index contributed by atoms with van der Waals surface area (Å²) in [6.45, 7) is 15.4. The highest BCUT2D eigenvalue weighted by molar-refractivity contribution is 7.89. The Morgan fingerprint density at radius 1 is 1.00 bits per heavy atom. The van der Waals surface area contributed by atoms with Crippen LogP contribution in [0.5, 0.6) is 0 Å². The summed E-state index contributed by atoms with van der Waals surface area (Å²) in [5, 5.41) is 8.61. The Morgan fingerprint density at radius 2 is 1.74 bits per heavy atom. The summed E-state index contributed by atoms with van der Waals surface area (Å²) < 4.78 is 31.6. The second-order valence-corrected chi connectivity index (χ2v) is 14.7. The van der Waals surface area contributed by atoms with Crippen LogP contribution in [0.4, 0.5) is 5.69 Å². The zero-order valence-corrected chi connectivity index (χ0v) is 28.6. The molecule has 3 rings (SSSR count). The summed E-state index contributed by atoms with van der Waals surface area (Å²) in [6, 6.07) is 9.39. The minimum atomic E-state index is -3.84. The van der Waals surface area contributed by atoms with Crippen molar-refractivity contribution in [3.63, 3.8) is 0 Å². The van der Waals surface area contributed by atoms with Crippen molar-refractivity contribution in [3.05, 3.63) is 52.7 Å². The van der Waals surface area contributed by atoms with Gasteiger partial charge in [-0.1, -0.05) is 91.0 Å². The molecular formula is C34H51ClN4O3S. The average molecular weight is 631 g/mol. The highest BCUT2D eigenvalue weighted by Crippen LogP contribution is 2.32. The Kier molecular flexibility index (Phi) is 13.1. The number of carbonyl (C=O) groups is 1. The van der Waals surface area contributed by atoms with Crippen molar-refractivity contribution in [2.24, 2.45) is 11.8 Å². The lowest BCUT2D eigenvalue weighted by Crippen LogP contribution is -2.25. The van der Waals surface area contributed by atoms with Crippen LogP contribution in [0.1, 0.15) is 116 Å². The molecule has 0 aliphatic carbocycles. The lowest BCUT2D eigenvalue weighted by atomic mass is 9.88. The normalized spacial score (nSPS) is 13.6. The van der Waals surface area contributed by atoms with E-state index in [1.54, 1.807) is 6.20 Å². The second-order valence-electron chi connectivity index (χ2n) is 12.6. The van der Waals surface area contributed by atoms with Gasteiger partial charge in [-0.25, -0.2) is 13.1 Å². The molecule has 2 N–H and O–H groups in total. The first-order valence-electron chi connectivity index (χ1n) is 16.0.